The summed E-state index contributed by atoms with van der Waals surface area (Å²) < 4.78 is 5.00. The van der Waals surface area contributed by atoms with Gasteiger partial charge < -0.3 is 15.0 Å². The maximum Gasteiger partial charge on any atom is 0.231 e. The maximum atomic E-state index is 12.5. The molecule has 1 unspecified atom stereocenters. The van der Waals surface area contributed by atoms with Gasteiger partial charge in [-0.1, -0.05) is 22.9 Å². The molecule has 1 aliphatic heterocycles. The van der Waals surface area contributed by atoms with Crippen molar-refractivity contribution in [1.29, 1.82) is 0 Å². The van der Waals surface area contributed by atoms with Gasteiger partial charge in [0.05, 0.1) is 5.92 Å². The van der Waals surface area contributed by atoms with Crippen molar-refractivity contribution >= 4 is 39.8 Å². The molecule has 0 radical (unpaired) electrons. The van der Waals surface area contributed by atoms with E-state index in [1.165, 1.54) is 11.3 Å². The summed E-state index contributed by atoms with van der Waals surface area (Å²) >= 11 is 7.09. The summed E-state index contributed by atoms with van der Waals surface area (Å²) in [6.07, 6.45) is 1.74. The van der Waals surface area contributed by atoms with E-state index in [-0.39, 0.29) is 11.8 Å². The van der Waals surface area contributed by atoms with Gasteiger partial charge in [-0.3, -0.25) is 4.79 Å². The first-order valence-corrected chi connectivity index (χ1v) is 8.71. The van der Waals surface area contributed by atoms with Gasteiger partial charge in [-0.25, -0.2) is 0 Å². The first kappa shape index (κ1) is 17.0. The van der Waals surface area contributed by atoms with E-state index in [0.29, 0.717) is 23.4 Å². The minimum Gasteiger partial charge on any atom is -0.377 e. The lowest BCUT2D eigenvalue weighted by atomic mass is 9.97. The molecular formula is C14H17ClN6O2S. The van der Waals surface area contributed by atoms with Crippen LogP contribution in [0.4, 0.5) is 10.9 Å². The Labute approximate surface area is 148 Å². The van der Waals surface area contributed by atoms with E-state index in [2.05, 4.69) is 25.7 Å². The molecule has 0 aromatic carbocycles. The molecule has 1 saturated heterocycles. The molecule has 8 nitrogen and oxygen atoms in total. The highest BCUT2D eigenvalue weighted by molar-refractivity contribution is 7.15. The quantitative estimate of drug-likeness (QED) is 0.862. The first-order valence-electron chi connectivity index (χ1n) is 7.52. The van der Waals surface area contributed by atoms with Gasteiger partial charge in [0.15, 0.2) is 11.0 Å². The average Bonchev–Trinajstić information content (AvgIpc) is 3.03. The Morgan fingerprint density at radius 3 is 3.04 bits per heavy atom. The normalized spacial score (nSPS) is 17.8. The van der Waals surface area contributed by atoms with Crippen LogP contribution in [0.5, 0.6) is 0 Å². The van der Waals surface area contributed by atoms with Crippen LogP contribution in [0, 0.1) is 5.92 Å². The molecule has 128 valence electrons. The Kier molecular flexibility index (Phi) is 5.54. The van der Waals surface area contributed by atoms with Gasteiger partial charge in [0.25, 0.3) is 0 Å². The molecule has 2 aromatic rings. The van der Waals surface area contributed by atoms with Crippen LogP contribution in [0.2, 0.25) is 5.15 Å². The number of methoxy groups -OCH3 is 1. The van der Waals surface area contributed by atoms with E-state index < -0.39 is 0 Å². The maximum absolute atomic E-state index is 12.5. The molecule has 10 heteroatoms. The lowest BCUT2D eigenvalue weighted by Crippen LogP contribution is -2.41. The SMILES string of the molecule is COCc1nnc(NC(=O)C2CCCN(c3ccc(Cl)nn3)C2)s1. The summed E-state index contributed by atoms with van der Waals surface area (Å²) in [5.41, 5.74) is 0. The molecule has 1 aliphatic rings. The molecule has 2 aromatic heterocycles. The van der Waals surface area contributed by atoms with Crippen LogP contribution in [0.15, 0.2) is 12.1 Å². The highest BCUT2D eigenvalue weighted by Crippen LogP contribution is 2.24. The van der Waals surface area contributed by atoms with E-state index in [1.807, 2.05) is 11.0 Å². The van der Waals surface area contributed by atoms with Crippen LogP contribution < -0.4 is 10.2 Å². The molecule has 1 fully saturated rings. The lowest BCUT2D eigenvalue weighted by Gasteiger charge is -2.32. The highest BCUT2D eigenvalue weighted by atomic mass is 35.5. The second-order valence-corrected chi connectivity index (χ2v) is 6.87. The summed E-state index contributed by atoms with van der Waals surface area (Å²) in [5.74, 6) is 0.544. The topological polar surface area (TPSA) is 93.1 Å². The Bertz CT molecular complexity index is 695. The lowest BCUT2D eigenvalue weighted by molar-refractivity contribution is -0.120. The fourth-order valence-electron chi connectivity index (χ4n) is 2.57. The minimum absolute atomic E-state index is 0.0539. The van der Waals surface area contributed by atoms with Gasteiger partial charge in [-0.05, 0) is 25.0 Å². The molecule has 0 bridgehead atoms. The third-order valence-corrected chi connectivity index (χ3v) is 4.71. The van der Waals surface area contributed by atoms with Crippen molar-refractivity contribution in [2.45, 2.75) is 19.4 Å². The first-order chi connectivity index (χ1) is 11.7. The van der Waals surface area contributed by atoms with E-state index >= 15 is 0 Å². The minimum atomic E-state index is -0.133. The molecule has 0 saturated carbocycles. The Hall–Kier alpha value is -1.84. The molecule has 0 aliphatic carbocycles. The summed E-state index contributed by atoms with van der Waals surface area (Å²) in [5, 5.41) is 20.3. The number of hydrogen-bond donors (Lipinski definition) is 1. The molecule has 1 amide bonds. The van der Waals surface area contributed by atoms with Crippen LogP contribution in [0.3, 0.4) is 0 Å². The summed E-state index contributed by atoms with van der Waals surface area (Å²) in [6, 6.07) is 3.52. The number of piperidine rings is 1. The zero-order chi connectivity index (χ0) is 16.9. The molecule has 3 rings (SSSR count). The molecular weight excluding hydrogens is 352 g/mol. The van der Waals surface area contributed by atoms with Crippen molar-refractivity contribution in [3.05, 3.63) is 22.3 Å². The predicted octanol–water partition coefficient (Wildman–Crippen LogP) is 1.98. The number of amides is 1. The number of nitrogens with one attached hydrogen (secondary N) is 1. The van der Waals surface area contributed by atoms with Gasteiger partial charge in [-0.2, -0.15) is 0 Å². The van der Waals surface area contributed by atoms with Gasteiger partial charge in [0.1, 0.15) is 11.6 Å². The molecule has 3 heterocycles. The van der Waals surface area contributed by atoms with E-state index in [4.69, 9.17) is 16.3 Å². The smallest absolute Gasteiger partial charge is 0.231 e. The van der Waals surface area contributed by atoms with Crippen molar-refractivity contribution < 1.29 is 9.53 Å². The number of anilines is 2. The van der Waals surface area contributed by atoms with Crippen LogP contribution >= 0.6 is 22.9 Å². The average molecular weight is 369 g/mol. The van der Waals surface area contributed by atoms with Crippen molar-refractivity contribution in [3.63, 3.8) is 0 Å². The number of nitrogens with zero attached hydrogens (tertiary/aromatic N) is 5. The number of halogens is 1. The monoisotopic (exact) mass is 368 g/mol. The molecule has 24 heavy (non-hydrogen) atoms. The van der Waals surface area contributed by atoms with E-state index in [1.54, 1.807) is 13.2 Å². The van der Waals surface area contributed by atoms with Crippen LogP contribution in [0.1, 0.15) is 17.8 Å². The molecule has 0 spiro atoms. The number of carbonyl (C=O) groups excluding carboxylic acids is 1. The van der Waals surface area contributed by atoms with Crippen molar-refractivity contribution in [3.8, 4) is 0 Å². The van der Waals surface area contributed by atoms with Crippen molar-refractivity contribution in [2.24, 2.45) is 5.92 Å². The second-order valence-electron chi connectivity index (χ2n) is 5.42. The second kappa shape index (κ2) is 7.82. The summed E-state index contributed by atoms with van der Waals surface area (Å²) in [6.45, 7) is 1.82. The van der Waals surface area contributed by atoms with Gasteiger partial charge in [-0.15, -0.1) is 20.4 Å². The largest absolute Gasteiger partial charge is 0.377 e. The highest BCUT2D eigenvalue weighted by Gasteiger charge is 2.27. The Morgan fingerprint density at radius 1 is 1.42 bits per heavy atom. The van der Waals surface area contributed by atoms with Gasteiger partial charge in [0.2, 0.25) is 11.0 Å². The standard InChI is InChI=1S/C14H17ClN6O2S/c1-23-8-12-19-20-14(24-12)16-13(22)9-3-2-6-21(7-9)11-5-4-10(15)17-18-11/h4-5,9H,2-3,6-8H2,1H3,(H,16,20,22). The zero-order valence-corrected chi connectivity index (χ0v) is 14.7. The molecule has 1 atom stereocenters. The van der Waals surface area contributed by atoms with E-state index in [9.17, 15) is 4.79 Å². The van der Waals surface area contributed by atoms with Crippen LogP contribution in [-0.2, 0) is 16.1 Å². The molecule has 1 N–H and O–H groups in total. The van der Waals surface area contributed by atoms with E-state index in [0.717, 1.165) is 30.2 Å². The van der Waals surface area contributed by atoms with Crippen molar-refractivity contribution in [1.82, 2.24) is 20.4 Å². The zero-order valence-electron chi connectivity index (χ0n) is 13.1. The fraction of sp³-hybridized carbons (Fsp3) is 0.500. The predicted molar refractivity (Wildman–Crippen MR) is 91.2 cm³/mol. The number of aromatic nitrogens is 4. The van der Waals surface area contributed by atoms with Gasteiger partial charge >= 0.3 is 0 Å². The summed E-state index contributed by atoms with van der Waals surface area (Å²) in [4.78, 5) is 14.5. The third kappa shape index (κ3) is 4.16. The van der Waals surface area contributed by atoms with Crippen LogP contribution in [-0.4, -0.2) is 46.5 Å². The van der Waals surface area contributed by atoms with Gasteiger partial charge in [0, 0.05) is 20.2 Å². The third-order valence-electron chi connectivity index (χ3n) is 3.70. The Balaban J connectivity index is 1.61. The Morgan fingerprint density at radius 2 is 2.29 bits per heavy atom. The summed E-state index contributed by atoms with van der Waals surface area (Å²) in [7, 11) is 1.59. The number of hydrogen-bond acceptors (Lipinski definition) is 8. The van der Waals surface area contributed by atoms with Crippen LogP contribution in [0.25, 0.3) is 0 Å². The van der Waals surface area contributed by atoms with Crippen molar-refractivity contribution in [2.75, 3.05) is 30.4 Å². The fourth-order valence-corrected chi connectivity index (χ4v) is 3.39. The number of ether oxygens (including phenoxy) is 1. The number of carbonyl (C=O) groups is 1. The number of rotatable bonds is 5.